The first kappa shape index (κ1) is 26.3. The number of carbonyl (C=O) groups excluding carboxylic acids is 3. The van der Waals surface area contributed by atoms with Gasteiger partial charge in [0.25, 0.3) is 11.8 Å². The van der Waals surface area contributed by atoms with E-state index in [1.807, 2.05) is 0 Å². The zero-order valence-electron chi connectivity index (χ0n) is 19.8. The number of amides is 3. The van der Waals surface area contributed by atoms with Gasteiger partial charge in [0.1, 0.15) is 5.69 Å². The lowest BCUT2D eigenvalue weighted by Gasteiger charge is -2.26. The zero-order valence-corrected chi connectivity index (χ0v) is 21.3. The number of pyridine rings is 1. The molecular weight excluding hydrogens is 518 g/mol. The van der Waals surface area contributed by atoms with Gasteiger partial charge in [-0.1, -0.05) is 22.5 Å². The third-order valence-corrected chi connectivity index (χ3v) is 6.41. The van der Waals surface area contributed by atoms with E-state index in [4.69, 9.17) is 11.6 Å². The summed E-state index contributed by atoms with van der Waals surface area (Å²) in [6.45, 7) is 0.662. The Morgan fingerprint density at radius 2 is 1.84 bits per heavy atom. The molecule has 0 aliphatic carbocycles. The topological polar surface area (TPSA) is 130 Å². The van der Waals surface area contributed by atoms with Crippen molar-refractivity contribution < 1.29 is 22.8 Å². The second-order valence-electron chi connectivity index (χ2n) is 8.02. The Bertz CT molecular complexity index is 1410. The molecule has 1 aliphatic rings. The molecule has 2 N–H and O–H groups in total. The summed E-state index contributed by atoms with van der Waals surface area (Å²) < 4.78 is 20.3. The first-order chi connectivity index (χ1) is 17.8. The summed E-state index contributed by atoms with van der Waals surface area (Å²) in [6, 6.07) is 14.2. The van der Waals surface area contributed by atoms with Crippen LogP contribution in [0, 0.1) is 0 Å². The van der Waals surface area contributed by atoms with Crippen molar-refractivity contribution in [1.29, 1.82) is 0 Å². The average molecular weight is 541 g/mol. The molecule has 1 aliphatic heterocycles. The van der Waals surface area contributed by atoms with E-state index < -0.39 is 22.7 Å². The molecule has 10 nitrogen and oxygen atoms in total. The molecule has 3 amide bonds. The molecule has 1 saturated heterocycles. The molecule has 0 spiro atoms. The minimum atomic E-state index is -1.94. The fourth-order valence-corrected chi connectivity index (χ4v) is 4.18. The monoisotopic (exact) mass is 540 g/mol. The van der Waals surface area contributed by atoms with E-state index >= 15 is 0 Å². The highest BCUT2D eigenvalue weighted by atomic mass is 35.5. The van der Waals surface area contributed by atoms with Crippen LogP contribution in [0.2, 0.25) is 5.02 Å². The number of nitrogens with zero attached hydrogens (tertiary/aromatic N) is 3. The van der Waals surface area contributed by atoms with Gasteiger partial charge in [0.15, 0.2) is 0 Å². The van der Waals surface area contributed by atoms with Crippen LogP contribution in [0.25, 0.3) is 0 Å². The number of halogens is 1. The van der Waals surface area contributed by atoms with Crippen molar-refractivity contribution in [2.75, 3.05) is 29.2 Å². The van der Waals surface area contributed by atoms with Gasteiger partial charge < -0.3 is 28.3 Å². The maximum Gasteiger partial charge on any atom is 0.274 e. The molecular formula is C25H23ClN5O5S-. The number of rotatable bonds is 7. The van der Waals surface area contributed by atoms with Crippen molar-refractivity contribution in [2.45, 2.75) is 19.3 Å². The molecule has 37 heavy (non-hydrogen) atoms. The summed E-state index contributed by atoms with van der Waals surface area (Å²) in [5, 5.41) is 5.82. The lowest BCUT2D eigenvalue weighted by atomic mass is 10.1. The quantitative estimate of drug-likeness (QED) is 0.401. The van der Waals surface area contributed by atoms with Crippen LogP contribution in [0.1, 0.15) is 40.1 Å². The van der Waals surface area contributed by atoms with E-state index in [1.165, 1.54) is 43.6 Å². The van der Waals surface area contributed by atoms with Gasteiger partial charge in [0.05, 0.1) is 16.3 Å². The highest BCUT2D eigenvalue weighted by Crippen LogP contribution is 2.26. The van der Waals surface area contributed by atoms with E-state index in [0.717, 1.165) is 18.5 Å². The van der Waals surface area contributed by atoms with Gasteiger partial charge >= 0.3 is 0 Å². The summed E-state index contributed by atoms with van der Waals surface area (Å²) in [5.41, 5.74) is 1.83. The van der Waals surface area contributed by atoms with Gasteiger partial charge in [-0.25, -0.2) is 4.98 Å². The molecule has 2 aromatic carbocycles. The minimum Gasteiger partial charge on any atom is -0.441 e. The lowest BCUT2D eigenvalue weighted by Crippen LogP contribution is -2.35. The summed E-state index contributed by atoms with van der Waals surface area (Å²) in [5.74, 6) is -1.01. The Hall–Kier alpha value is -3.80. The first-order valence-corrected chi connectivity index (χ1v) is 12.7. The largest absolute Gasteiger partial charge is 0.441 e. The predicted molar refractivity (Wildman–Crippen MR) is 141 cm³/mol. The molecule has 3 aromatic rings. The van der Waals surface area contributed by atoms with Crippen LogP contribution >= 0.6 is 11.6 Å². The average Bonchev–Trinajstić information content (AvgIpc) is 2.90. The lowest BCUT2D eigenvalue weighted by molar-refractivity contribution is -0.119. The molecule has 0 saturated carbocycles. The number of nitrogens with one attached hydrogen (secondary N) is 2. The van der Waals surface area contributed by atoms with E-state index in [0.29, 0.717) is 23.7 Å². The summed E-state index contributed by atoms with van der Waals surface area (Å²) in [4.78, 5) is 43.9. The van der Waals surface area contributed by atoms with Gasteiger partial charge in [-0.15, -0.1) is 0 Å². The van der Waals surface area contributed by atoms with Crippen LogP contribution in [-0.2, 0) is 24.1 Å². The number of aromatic nitrogens is 1. The second-order valence-corrected chi connectivity index (χ2v) is 9.41. The molecule has 0 bridgehead atoms. The third-order valence-electron chi connectivity index (χ3n) is 5.54. The summed E-state index contributed by atoms with van der Waals surface area (Å²) in [7, 11) is -0.706. The van der Waals surface area contributed by atoms with Gasteiger partial charge in [-0.3, -0.25) is 14.4 Å². The molecule has 0 unspecified atom stereocenters. The van der Waals surface area contributed by atoms with E-state index in [1.54, 1.807) is 29.2 Å². The SMILES string of the molecule is CO[S-](=O)=Nc1ccc(NC(=O)c2ccc(Cl)cn2)c(C(=O)Nc2ccc(N3CCCCC3=O)cc2)c1. The Balaban J connectivity index is 1.58. The van der Waals surface area contributed by atoms with E-state index in [-0.39, 0.29) is 28.5 Å². The number of hydrogen-bond acceptors (Lipinski definition) is 8. The van der Waals surface area contributed by atoms with E-state index in [2.05, 4.69) is 24.2 Å². The first-order valence-electron chi connectivity index (χ1n) is 11.3. The van der Waals surface area contributed by atoms with Crippen molar-refractivity contribution in [2.24, 2.45) is 4.36 Å². The van der Waals surface area contributed by atoms with Gasteiger partial charge in [0.2, 0.25) is 5.91 Å². The summed E-state index contributed by atoms with van der Waals surface area (Å²) in [6.07, 6.45) is 3.69. The molecule has 192 valence electrons. The predicted octanol–water partition coefficient (Wildman–Crippen LogP) is 5.10. The molecule has 1 fully saturated rings. The summed E-state index contributed by atoms with van der Waals surface area (Å²) >= 11 is 5.84. The molecule has 4 rings (SSSR count). The number of anilines is 3. The fraction of sp³-hybridized carbons (Fsp3) is 0.200. The molecule has 1 aromatic heterocycles. The second kappa shape index (κ2) is 12.0. The maximum atomic E-state index is 13.2. The Labute approximate surface area is 220 Å². The maximum absolute atomic E-state index is 13.2. The zero-order chi connectivity index (χ0) is 26.4. The third kappa shape index (κ3) is 6.70. The number of benzene rings is 2. The molecule has 0 radical (unpaired) electrons. The van der Waals surface area contributed by atoms with Gasteiger partial charge in [0, 0.05) is 43.3 Å². The number of hydrogen-bond donors (Lipinski definition) is 2. The highest BCUT2D eigenvalue weighted by molar-refractivity contribution is 7.69. The minimum absolute atomic E-state index is 0.0759. The van der Waals surface area contributed by atoms with Crippen LogP contribution < -0.4 is 15.5 Å². The van der Waals surface area contributed by atoms with E-state index in [9.17, 15) is 18.6 Å². The van der Waals surface area contributed by atoms with Crippen molar-refractivity contribution in [3.63, 3.8) is 0 Å². The normalized spacial score (nSPS) is 14.3. The number of carbonyl (C=O) groups is 3. The van der Waals surface area contributed by atoms with Crippen LogP contribution in [0.4, 0.5) is 22.7 Å². The Morgan fingerprint density at radius 3 is 2.51 bits per heavy atom. The Morgan fingerprint density at radius 1 is 1.05 bits per heavy atom. The highest BCUT2D eigenvalue weighted by Gasteiger charge is 2.20. The Kier molecular flexibility index (Phi) is 8.49. The smallest absolute Gasteiger partial charge is 0.274 e. The van der Waals surface area contributed by atoms with Gasteiger partial charge in [-0.2, -0.15) is 0 Å². The van der Waals surface area contributed by atoms with Crippen LogP contribution in [0.5, 0.6) is 0 Å². The molecule has 12 heteroatoms. The van der Waals surface area contributed by atoms with Gasteiger partial charge in [-0.05, 0) is 67.4 Å². The molecule has 0 atom stereocenters. The van der Waals surface area contributed by atoms with Crippen LogP contribution in [0.15, 0.2) is 65.2 Å². The van der Waals surface area contributed by atoms with Crippen LogP contribution in [-0.4, -0.2) is 36.4 Å². The fourth-order valence-electron chi connectivity index (χ4n) is 3.71. The standard InChI is InChI=1S/C25H23ClN5O5S/c1-36-37(35)30-18-8-12-21(29-25(34)22-11-5-16(26)15-27-22)20(14-18)24(33)28-17-6-9-19(10-7-17)31-13-3-2-4-23(31)32/h5-12,14-15H,2-4,13H2,1H3,(H,28,33)(H,29,34)/q-1. The van der Waals surface area contributed by atoms with Crippen molar-refractivity contribution in [1.82, 2.24) is 4.98 Å². The molecule has 2 heterocycles. The van der Waals surface area contributed by atoms with Crippen molar-refractivity contribution >= 4 is 62.9 Å². The van der Waals surface area contributed by atoms with Crippen molar-refractivity contribution in [3.8, 4) is 0 Å². The number of piperidine rings is 1. The van der Waals surface area contributed by atoms with Crippen molar-refractivity contribution in [3.05, 3.63) is 77.1 Å². The van der Waals surface area contributed by atoms with Crippen LogP contribution in [0.3, 0.4) is 0 Å².